The van der Waals surface area contributed by atoms with Crippen LogP contribution in [-0.4, -0.2) is 25.8 Å². The van der Waals surface area contributed by atoms with Crippen LogP contribution in [0.4, 0.5) is 0 Å². The number of ether oxygens (including phenoxy) is 2. The number of hydrogen-bond acceptors (Lipinski definition) is 6. The van der Waals surface area contributed by atoms with Crippen molar-refractivity contribution in [1.29, 1.82) is 0 Å². The van der Waals surface area contributed by atoms with Crippen molar-refractivity contribution in [3.05, 3.63) is 92.4 Å². The number of allylic oxidation sites excluding steroid dienone is 3. The van der Waals surface area contributed by atoms with Gasteiger partial charge in [-0.3, -0.25) is 9.59 Å². The fourth-order valence-corrected chi connectivity index (χ4v) is 4.47. The average molecular weight is 437 g/mol. The summed E-state index contributed by atoms with van der Waals surface area (Å²) in [6.45, 7) is 0. The first-order chi connectivity index (χ1) is 14.6. The van der Waals surface area contributed by atoms with Gasteiger partial charge < -0.3 is 9.47 Å². The Morgan fingerprint density at radius 3 is 1.47 bits per heavy atom. The van der Waals surface area contributed by atoms with Crippen LogP contribution in [0, 0.1) is 0 Å². The number of methoxy groups -OCH3 is 2. The summed E-state index contributed by atoms with van der Waals surface area (Å²) in [5, 5.41) is 3.72. The van der Waals surface area contributed by atoms with Crippen molar-refractivity contribution in [3.63, 3.8) is 0 Å². The van der Waals surface area contributed by atoms with E-state index in [9.17, 15) is 9.59 Å². The Morgan fingerprint density at radius 2 is 1.10 bits per heavy atom. The van der Waals surface area contributed by atoms with Gasteiger partial charge in [0.05, 0.1) is 24.0 Å². The van der Waals surface area contributed by atoms with Gasteiger partial charge in [-0.25, -0.2) is 0 Å². The first-order valence-electron chi connectivity index (χ1n) is 9.06. The smallest absolute Gasteiger partial charge is 0.191 e. The molecule has 0 atom stereocenters. The number of carbonyl (C=O) groups excluding carboxylic acids is 2. The molecule has 1 aliphatic rings. The number of hydrogen-bond donors (Lipinski definition) is 0. The molecular weight excluding hydrogens is 416 g/mol. The number of benzene rings is 2. The second-order valence-electron chi connectivity index (χ2n) is 6.11. The predicted octanol–water partition coefficient (Wildman–Crippen LogP) is 5.73. The standard InChI is InChI=1S/C24H20O4S2/c1-27-19-9-3-17(4-10-19)7-13-21(25)23(24-29-15-16-30-24)22(26)14-8-18-5-11-20(28-2)12-6-18/h3-16H,1-2H3/b13-7+,14-8+. The van der Waals surface area contributed by atoms with Crippen LogP contribution in [0.1, 0.15) is 11.1 Å². The first kappa shape index (κ1) is 21.7. The summed E-state index contributed by atoms with van der Waals surface area (Å²) in [5.41, 5.74) is 1.86. The summed E-state index contributed by atoms with van der Waals surface area (Å²) in [7, 11) is 3.20. The molecular formula is C24H20O4S2. The second-order valence-corrected chi connectivity index (χ2v) is 8.20. The van der Waals surface area contributed by atoms with E-state index in [1.165, 1.54) is 35.7 Å². The van der Waals surface area contributed by atoms with Crippen LogP contribution in [-0.2, 0) is 9.59 Å². The van der Waals surface area contributed by atoms with Crippen molar-refractivity contribution >= 4 is 47.2 Å². The molecule has 2 aromatic carbocycles. The molecule has 0 amide bonds. The summed E-state index contributed by atoms with van der Waals surface area (Å²) in [4.78, 5) is 25.7. The molecule has 2 aromatic rings. The topological polar surface area (TPSA) is 52.6 Å². The summed E-state index contributed by atoms with van der Waals surface area (Å²) in [6, 6.07) is 14.7. The van der Waals surface area contributed by atoms with E-state index >= 15 is 0 Å². The summed E-state index contributed by atoms with van der Waals surface area (Å²) in [5.74, 6) is 0.831. The maximum Gasteiger partial charge on any atom is 0.191 e. The van der Waals surface area contributed by atoms with E-state index < -0.39 is 0 Å². The van der Waals surface area contributed by atoms with Crippen molar-refractivity contribution in [2.45, 2.75) is 0 Å². The van der Waals surface area contributed by atoms with E-state index in [1.807, 2.05) is 59.3 Å². The molecule has 30 heavy (non-hydrogen) atoms. The molecule has 0 unspecified atom stereocenters. The molecule has 3 rings (SSSR count). The van der Waals surface area contributed by atoms with Crippen molar-refractivity contribution in [3.8, 4) is 11.5 Å². The molecule has 6 heteroatoms. The van der Waals surface area contributed by atoms with E-state index in [0.29, 0.717) is 4.24 Å². The number of carbonyl (C=O) groups is 2. The van der Waals surface area contributed by atoms with Gasteiger partial charge in [-0.1, -0.05) is 59.9 Å². The minimum Gasteiger partial charge on any atom is -0.497 e. The van der Waals surface area contributed by atoms with E-state index in [2.05, 4.69) is 0 Å². The highest BCUT2D eigenvalue weighted by Crippen LogP contribution is 2.40. The van der Waals surface area contributed by atoms with Crippen LogP contribution >= 0.6 is 23.5 Å². The monoisotopic (exact) mass is 436 g/mol. The molecule has 0 N–H and O–H groups in total. The van der Waals surface area contributed by atoms with Crippen molar-refractivity contribution in [2.24, 2.45) is 0 Å². The molecule has 0 saturated heterocycles. The number of ketones is 2. The maximum absolute atomic E-state index is 12.9. The largest absolute Gasteiger partial charge is 0.497 e. The highest BCUT2D eigenvalue weighted by atomic mass is 32.2. The second kappa shape index (κ2) is 10.7. The van der Waals surface area contributed by atoms with Crippen LogP contribution < -0.4 is 9.47 Å². The van der Waals surface area contributed by atoms with Gasteiger partial charge in [0.15, 0.2) is 11.6 Å². The molecule has 0 spiro atoms. The minimum absolute atomic E-state index is 0.171. The highest BCUT2D eigenvalue weighted by Gasteiger charge is 2.21. The Hall–Kier alpha value is -2.96. The lowest BCUT2D eigenvalue weighted by Gasteiger charge is -2.04. The van der Waals surface area contributed by atoms with Gasteiger partial charge in [0.2, 0.25) is 0 Å². The normalized spacial score (nSPS) is 13.2. The molecule has 152 valence electrons. The third-order valence-corrected chi connectivity index (χ3v) is 6.32. The molecule has 0 aliphatic carbocycles. The van der Waals surface area contributed by atoms with Crippen LogP contribution in [0.3, 0.4) is 0 Å². The lowest BCUT2D eigenvalue weighted by atomic mass is 10.1. The Morgan fingerprint density at radius 1 is 0.700 bits per heavy atom. The van der Waals surface area contributed by atoms with Gasteiger partial charge in [0, 0.05) is 0 Å². The van der Waals surface area contributed by atoms with E-state index in [4.69, 9.17) is 9.47 Å². The van der Waals surface area contributed by atoms with Crippen LogP contribution in [0.5, 0.6) is 11.5 Å². The van der Waals surface area contributed by atoms with Gasteiger partial charge in [-0.15, -0.1) is 0 Å². The zero-order chi connectivity index (χ0) is 21.3. The van der Waals surface area contributed by atoms with Crippen LogP contribution in [0.15, 0.2) is 81.3 Å². The van der Waals surface area contributed by atoms with Gasteiger partial charge in [-0.2, -0.15) is 0 Å². The highest BCUT2D eigenvalue weighted by molar-refractivity contribution is 8.27. The molecule has 0 aromatic heterocycles. The fraction of sp³-hybridized carbons (Fsp3) is 0.0833. The van der Waals surface area contributed by atoms with Gasteiger partial charge in [0.25, 0.3) is 0 Å². The zero-order valence-corrected chi connectivity index (χ0v) is 18.2. The Bertz CT molecular complexity index is 948. The lowest BCUT2D eigenvalue weighted by molar-refractivity contribution is -0.116. The Balaban J connectivity index is 1.79. The minimum atomic E-state index is -0.325. The number of rotatable bonds is 8. The molecule has 0 radical (unpaired) electrons. The SMILES string of the molecule is COc1ccc(/C=C/C(=O)C(C(=O)/C=C/c2ccc(OC)cc2)=C2SC=CS2)cc1. The molecule has 0 saturated carbocycles. The fourth-order valence-electron chi connectivity index (χ4n) is 2.59. The maximum atomic E-state index is 12.9. The van der Waals surface area contributed by atoms with E-state index in [-0.39, 0.29) is 17.1 Å². The molecule has 1 aliphatic heterocycles. The molecule has 1 heterocycles. The van der Waals surface area contributed by atoms with Crippen molar-refractivity contribution < 1.29 is 19.1 Å². The predicted molar refractivity (Wildman–Crippen MR) is 125 cm³/mol. The van der Waals surface area contributed by atoms with Crippen LogP contribution in [0.2, 0.25) is 0 Å². The van der Waals surface area contributed by atoms with Crippen molar-refractivity contribution in [1.82, 2.24) is 0 Å². The average Bonchev–Trinajstić information content (AvgIpc) is 3.31. The Kier molecular flexibility index (Phi) is 7.76. The quantitative estimate of drug-likeness (QED) is 0.299. The summed E-state index contributed by atoms with van der Waals surface area (Å²) >= 11 is 2.76. The zero-order valence-electron chi connectivity index (χ0n) is 16.5. The first-order valence-corrected chi connectivity index (χ1v) is 10.8. The Labute approximate surface area is 184 Å². The van der Waals surface area contributed by atoms with Gasteiger partial charge in [0.1, 0.15) is 11.5 Å². The number of thioether (sulfide) groups is 2. The molecule has 0 fully saturated rings. The third-order valence-electron chi connectivity index (χ3n) is 4.19. The van der Waals surface area contributed by atoms with Gasteiger partial charge in [-0.05, 0) is 58.4 Å². The molecule has 0 bridgehead atoms. The lowest BCUT2D eigenvalue weighted by Crippen LogP contribution is -2.10. The van der Waals surface area contributed by atoms with Crippen LogP contribution in [0.25, 0.3) is 12.2 Å². The summed E-state index contributed by atoms with van der Waals surface area (Å²) in [6.07, 6.45) is 6.26. The third kappa shape index (κ3) is 5.78. The van der Waals surface area contributed by atoms with E-state index in [1.54, 1.807) is 26.4 Å². The van der Waals surface area contributed by atoms with Gasteiger partial charge >= 0.3 is 0 Å². The summed E-state index contributed by atoms with van der Waals surface area (Å²) < 4.78 is 11.0. The van der Waals surface area contributed by atoms with Crippen molar-refractivity contribution in [2.75, 3.05) is 14.2 Å². The molecule has 4 nitrogen and oxygen atoms in total. The van der Waals surface area contributed by atoms with E-state index in [0.717, 1.165) is 22.6 Å².